The van der Waals surface area contributed by atoms with E-state index in [1.54, 1.807) is 0 Å². The zero-order valence-corrected chi connectivity index (χ0v) is 14.9. The summed E-state index contributed by atoms with van der Waals surface area (Å²) in [6.45, 7) is 10.1. The van der Waals surface area contributed by atoms with E-state index in [1.807, 2.05) is 0 Å². The van der Waals surface area contributed by atoms with Crippen molar-refractivity contribution >= 4 is 31.9 Å². The molecule has 1 nitrogen and oxygen atoms in total. The zero-order valence-electron chi connectivity index (χ0n) is 11.7. The lowest BCUT2D eigenvalue weighted by Gasteiger charge is -2.26. The molecule has 1 aromatic rings. The summed E-state index contributed by atoms with van der Waals surface area (Å²) in [6, 6.07) is 6.94. The molecule has 0 aliphatic rings. The lowest BCUT2D eigenvalue weighted by Crippen LogP contribution is -2.34. The normalized spacial score (nSPS) is 12.2. The molecule has 1 N–H and O–H groups in total. The number of rotatable bonds is 6. The average molecular weight is 377 g/mol. The molecule has 0 aliphatic carbocycles. The highest BCUT2D eigenvalue weighted by Gasteiger charge is 2.18. The molecule has 1 aromatic carbocycles. The van der Waals surface area contributed by atoms with Gasteiger partial charge in [0.1, 0.15) is 0 Å². The first-order valence-electron chi connectivity index (χ1n) is 6.47. The van der Waals surface area contributed by atoms with Crippen molar-refractivity contribution in [3.05, 3.63) is 32.7 Å². The fourth-order valence-corrected chi connectivity index (χ4v) is 2.63. The van der Waals surface area contributed by atoms with Gasteiger partial charge in [-0.1, -0.05) is 59.6 Å². The number of hydrogen-bond acceptors (Lipinski definition) is 1. The van der Waals surface area contributed by atoms with Crippen LogP contribution in [0.15, 0.2) is 27.1 Å². The predicted octanol–water partition coefficient (Wildman–Crippen LogP) is 5.17. The number of halogens is 2. The van der Waals surface area contributed by atoms with E-state index >= 15 is 0 Å². The van der Waals surface area contributed by atoms with Gasteiger partial charge in [-0.25, -0.2) is 0 Å². The van der Waals surface area contributed by atoms with Gasteiger partial charge in [0.25, 0.3) is 0 Å². The Balaban J connectivity index is 2.55. The molecule has 102 valence electrons. The second-order valence-electron chi connectivity index (χ2n) is 5.94. The Kier molecular flexibility index (Phi) is 6.36. The second kappa shape index (κ2) is 7.06. The van der Waals surface area contributed by atoms with Gasteiger partial charge in [-0.2, -0.15) is 0 Å². The van der Waals surface area contributed by atoms with E-state index in [9.17, 15) is 0 Å². The van der Waals surface area contributed by atoms with Gasteiger partial charge in [0.15, 0.2) is 0 Å². The number of aryl methyl sites for hydroxylation is 1. The van der Waals surface area contributed by atoms with Gasteiger partial charge in [-0.3, -0.25) is 0 Å². The van der Waals surface area contributed by atoms with Gasteiger partial charge in [0.2, 0.25) is 0 Å². The average Bonchev–Trinajstić information content (AvgIpc) is 2.28. The molecule has 0 amide bonds. The minimum Gasteiger partial charge on any atom is -0.314 e. The van der Waals surface area contributed by atoms with E-state index < -0.39 is 0 Å². The van der Waals surface area contributed by atoms with Crippen LogP contribution in [-0.4, -0.2) is 12.6 Å². The van der Waals surface area contributed by atoms with Crippen LogP contribution < -0.4 is 5.32 Å². The molecule has 0 unspecified atom stereocenters. The molecule has 0 spiro atoms. The summed E-state index contributed by atoms with van der Waals surface area (Å²) in [7, 11) is 0. The van der Waals surface area contributed by atoms with Gasteiger partial charge in [0, 0.05) is 21.5 Å². The highest BCUT2D eigenvalue weighted by Crippen LogP contribution is 2.27. The SMILES string of the molecule is CC(C)NCC(C)(C)CCc1cc(Br)ccc1Br. The van der Waals surface area contributed by atoms with Gasteiger partial charge in [-0.05, 0) is 42.0 Å². The fourth-order valence-electron chi connectivity index (χ4n) is 1.78. The summed E-state index contributed by atoms with van der Waals surface area (Å²) < 4.78 is 2.36. The van der Waals surface area contributed by atoms with Crippen LogP contribution in [0.25, 0.3) is 0 Å². The maximum atomic E-state index is 3.62. The lowest BCUT2D eigenvalue weighted by atomic mass is 9.86. The highest BCUT2D eigenvalue weighted by molar-refractivity contribution is 9.11. The van der Waals surface area contributed by atoms with Crippen molar-refractivity contribution in [2.24, 2.45) is 5.41 Å². The maximum absolute atomic E-state index is 3.62. The van der Waals surface area contributed by atoms with Crippen LogP contribution >= 0.6 is 31.9 Å². The Morgan fingerprint density at radius 1 is 1.22 bits per heavy atom. The van der Waals surface area contributed by atoms with E-state index in [1.165, 1.54) is 16.5 Å². The monoisotopic (exact) mass is 375 g/mol. The largest absolute Gasteiger partial charge is 0.314 e. The molecular weight excluding hydrogens is 354 g/mol. The van der Waals surface area contributed by atoms with Crippen molar-refractivity contribution in [3.8, 4) is 0 Å². The van der Waals surface area contributed by atoms with Crippen LogP contribution in [0, 0.1) is 5.41 Å². The van der Waals surface area contributed by atoms with Gasteiger partial charge < -0.3 is 5.32 Å². The first kappa shape index (κ1) is 16.2. The van der Waals surface area contributed by atoms with E-state index in [2.05, 4.69) is 83.1 Å². The van der Waals surface area contributed by atoms with E-state index in [-0.39, 0.29) is 0 Å². The van der Waals surface area contributed by atoms with E-state index in [4.69, 9.17) is 0 Å². The summed E-state index contributed by atoms with van der Waals surface area (Å²) in [6.07, 6.45) is 2.29. The van der Waals surface area contributed by atoms with Crippen LogP contribution in [0.4, 0.5) is 0 Å². The molecule has 0 fully saturated rings. The van der Waals surface area contributed by atoms with Crippen LogP contribution in [0.3, 0.4) is 0 Å². The molecule has 0 atom stereocenters. The summed E-state index contributed by atoms with van der Waals surface area (Å²) in [5.74, 6) is 0. The quantitative estimate of drug-likeness (QED) is 0.722. The molecule has 0 aliphatic heterocycles. The van der Waals surface area contributed by atoms with Crippen molar-refractivity contribution in [1.29, 1.82) is 0 Å². The van der Waals surface area contributed by atoms with Gasteiger partial charge >= 0.3 is 0 Å². The van der Waals surface area contributed by atoms with E-state index in [0.29, 0.717) is 11.5 Å². The third kappa shape index (κ3) is 5.85. The summed E-state index contributed by atoms with van der Waals surface area (Å²) in [5.41, 5.74) is 1.70. The summed E-state index contributed by atoms with van der Waals surface area (Å²) in [4.78, 5) is 0. The van der Waals surface area contributed by atoms with Gasteiger partial charge in [0.05, 0.1) is 0 Å². The molecule has 0 saturated carbocycles. The Morgan fingerprint density at radius 2 is 1.89 bits per heavy atom. The molecule has 0 heterocycles. The molecule has 0 aromatic heterocycles. The van der Waals surface area contributed by atoms with Crippen molar-refractivity contribution in [3.63, 3.8) is 0 Å². The number of hydrogen-bond donors (Lipinski definition) is 1. The highest BCUT2D eigenvalue weighted by atomic mass is 79.9. The second-order valence-corrected chi connectivity index (χ2v) is 7.71. The first-order chi connectivity index (χ1) is 8.30. The molecule has 0 radical (unpaired) electrons. The zero-order chi connectivity index (χ0) is 13.8. The molecule has 0 bridgehead atoms. The van der Waals surface area contributed by atoms with Crippen LogP contribution in [0.2, 0.25) is 0 Å². The number of nitrogens with one attached hydrogen (secondary N) is 1. The summed E-state index contributed by atoms with van der Waals surface area (Å²) >= 11 is 7.16. The standard InChI is InChI=1S/C15H23Br2N/c1-11(2)18-10-15(3,4)8-7-12-9-13(16)5-6-14(12)17/h5-6,9,11,18H,7-8,10H2,1-4H3. The fraction of sp³-hybridized carbons (Fsp3) is 0.600. The maximum Gasteiger partial charge on any atom is 0.0208 e. The lowest BCUT2D eigenvalue weighted by molar-refractivity contribution is 0.304. The third-order valence-corrected chi connectivity index (χ3v) is 4.33. The van der Waals surface area contributed by atoms with Gasteiger partial charge in [-0.15, -0.1) is 0 Å². The molecule has 0 saturated heterocycles. The van der Waals surface area contributed by atoms with Crippen LogP contribution in [-0.2, 0) is 6.42 Å². The Bertz CT molecular complexity index is 386. The Morgan fingerprint density at radius 3 is 2.50 bits per heavy atom. The third-order valence-electron chi connectivity index (χ3n) is 3.07. The predicted molar refractivity (Wildman–Crippen MR) is 87.1 cm³/mol. The molecular formula is C15H23Br2N. The Labute approximate surface area is 128 Å². The molecule has 1 rings (SSSR count). The summed E-state index contributed by atoms with van der Waals surface area (Å²) in [5, 5.41) is 3.53. The topological polar surface area (TPSA) is 12.0 Å². The van der Waals surface area contributed by atoms with Crippen molar-refractivity contribution in [1.82, 2.24) is 5.32 Å². The number of benzene rings is 1. The minimum atomic E-state index is 0.325. The molecule has 18 heavy (non-hydrogen) atoms. The minimum absolute atomic E-state index is 0.325. The Hall–Kier alpha value is 0.140. The van der Waals surface area contributed by atoms with Crippen LogP contribution in [0.1, 0.15) is 39.7 Å². The smallest absolute Gasteiger partial charge is 0.0208 e. The van der Waals surface area contributed by atoms with Crippen molar-refractivity contribution < 1.29 is 0 Å². The van der Waals surface area contributed by atoms with Crippen molar-refractivity contribution in [2.45, 2.75) is 46.6 Å². The van der Waals surface area contributed by atoms with E-state index in [0.717, 1.165) is 17.4 Å². The van der Waals surface area contributed by atoms with Crippen molar-refractivity contribution in [2.75, 3.05) is 6.54 Å². The van der Waals surface area contributed by atoms with Crippen LogP contribution in [0.5, 0.6) is 0 Å². The molecule has 3 heteroatoms. The first-order valence-corrected chi connectivity index (χ1v) is 8.06.